The van der Waals surface area contributed by atoms with Crippen molar-refractivity contribution in [2.45, 2.75) is 33.0 Å². The maximum atomic E-state index is 10.4. The maximum Gasteiger partial charge on any atom is 0.161 e. The van der Waals surface area contributed by atoms with Crippen molar-refractivity contribution in [1.29, 1.82) is 0 Å². The van der Waals surface area contributed by atoms with Gasteiger partial charge in [-0.2, -0.15) is 5.10 Å². The molecule has 1 aliphatic heterocycles. The number of aliphatic hydroxyl groups is 1. The number of β-amino-alcohol motifs (C(OH)–C–C–N with tert-alkyl or cyclic N) is 1. The normalized spacial score (nSPS) is 16.4. The number of aryl methyl sites for hydroxylation is 2. The molecule has 0 amide bonds. The summed E-state index contributed by atoms with van der Waals surface area (Å²) in [5.41, 5.74) is 3.33. The summed E-state index contributed by atoms with van der Waals surface area (Å²) in [6.07, 6.45) is -0.532. The van der Waals surface area contributed by atoms with E-state index in [0.29, 0.717) is 18.0 Å². The first-order valence-electron chi connectivity index (χ1n) is 11.0. The van der Waals surface area contributed by atoms with E-state index in [0.717, 1.165) is 57.1 Å². The van der Waals surface area contributed by atoms with Gasteiger partial charge in [0, 0.05) is 51.5 Å². The number of nitrogens with one attached hydrogen (secondary N) is 1. The monoisotopic (exact) mass is 431 g/mol. The van der Waals surface area contributed by atoms with Gasteiger partial charge in [-0.1, -0.05) is 6.07 Å². The highest BCUT2D eigenvalue weighted by Crippen LogP contribution is 2.28. The van der Waals surface area contributed by atoms with Crippen LogP contribution in [-0.4, -0.2) is 90.8 Å². The predicted octanol–water partition coefficient (Wildman–Crippen LogP) is 1.29. The molecule has 0 spiro atoms. The van der Waals surface area contributed by atoms with E-state index < -0.39 is 6.10 Å². The van der Waals surface area contributed by atoms with Crippen LogP contribution in [0.15, 0.2) is 24.3 Å². The smallest absolute Gasteiger partial charge is 0.161 e. The van der Waals surface area contributed by atoms with E-state index in [9.17, 15) is 5.11 Å². The Labute approximate surface area is 185 Å². The van der Waals surface area contributed by atoms with Crippen LogP contribution < -0.4 is 14.8 Å². The highest BCUT2D eigenvalue weighted by Gasteiger charge is 2.18. The highest BCUT2D eigenvalue weighted by molar-refractivity contribution is 5.43. The number of likely N-dealkylation sites (N-methyl/N-ethyl adjacent to an activating group) is 1. The van der Waals surface area contributed by atoms with E-state index >= 15 is 0 Å². The number of nitrogens with zero attached hydrogens (tertiary/aromatic N) is 4. The van der Waals surface area contributed by atoms with Gasteiger partial charge in [0.05, 0.1) is 19.3 Å². The van der Waals surface area contributed by atoms with Crippen molar-refractivity contribution in [3.05, 3.63) is 41.2 Å². The molecule has 0 radical (unpaired) electrons. The van der Waals surface area contributed by atoms with E-state index in [1.807, 2.05) is 29.8 Å². The molecule has 8 heteroatoms. The second-order valence-corrected chi connectivity index (χ2v) is 8.38. The first-order valence-corrected chi connectivity index (χ1v) is 11.0. The average Bonchev–Trinajstić information content (AvgIpc) is 3.08. The Bertz CT molecular complexity index is 818. The van der Waals surface area contributed by atoms with Crippen LogP contribution in [0.2, 0.25) is 0 Å². The zero-order valence-electron chi connectivity index (χ0n) is 19.3. The van der Waals surface area contributed by atoms with Gasteiger partial charge in [-0.15, -0.1) is 0 Å². The van der Waals surface area contributed by atoms with Crippen molar-refractivity contribution in [2.24, 2.45) is 0 Å². The lowest BCUT2D eigenvalue weighted by atomic mass is 10.2. The third-order valence-corrected chi connectivity index (χ3v) is 5.66. The molecule has 2 N–H and O–H groups in total. The minimum absolute atomic E-state index is 0.248. The zero-order chi connectivity index (χ0) is 22.2. The van der Waals surface area contributed by atoms with Gasteiger partial charge in [-0.3, -0.25) is 9.58 Å². The van der Waals surface area contributed by atoms with Crippen LogP contribution in [0.3, 0.4) is 0 Å². The molecule has 1 fully saturated rings. The van der Waals surface area contributed by atoms with Crippen molar-refractivity contribution >= 4 is 0 Å². The SMILES string of the molecule is COc1ccc(CNCCn2nc(C)cc2C)cc1OC[C@H](O)CN1CCN(C)CC1. The summed E-state index contributed by atoms with van der Waals surface area (Å²) in [5, 5.41) is 18.4. The Kier molecular flexibility index (Phi) is 8.71. The molecule has 0 aliphatic carbocycles. The Morgan fingerprint density at radius 1 is 1.13 bits per heavy atom. The number of methoxy groups -OCH3 is 1. The minimum atomic E-state index is -0.532. The quantitative estimate of drug-likeness (QED) is 0.519. The summed E-state index contributed by atoms with van der Waals surface area (Å²) in [6.45, 7) is 11.4. The molecule has 1 aromatic carbocycles. The highest BCUT2D eigenvalue weighted by atomic mass is 16.5. The van der Waals surface area contributed by atoms with Crippen LogP contribution in [0.4, 0.5) is 0 Å². The predicted molar refractivity (Wildman–Crippen MR) is 122 cm³/mol. The molecular weight excluding hydrogens is 394 g/mol. The Morgan fingerprint density at radius 2 is 1.90 bits per heavy atom. The third-order valence-electron chi connectivity index (χ3n) is 5.66. The number of ether oxygens (including phenoxy) is 2. The van der Waals surface area contributed by atoms with Crippen LogP contribution >= 0.6 is 0 Å². The summed E-state index contributed by atoms with van der Waals surface area (Å²) >= 11 is 0. The van der Waals surface area contributed by atoms with Crippen LogP contribution in [0.1, 0.15) is 17.0 Å². The van der Waals surface area contributed by atoms with Crippen molar-refractivity contribution in [3.8, 4) is 11.5 Å². The number of piperazine rings is 1. The summed E-state index contributed by atoms with van der Waals surface area (Å²) < 4.78 is 13.4. The zero-order valence-corrected chi connectivity index (χ0v) is 19.3. The fraction of sp³-hybridized carbons (Fsp3) is 0.609. The van der Waals surface area contributed by atoms with E-state index in [-0.39, 0.29) is 6.61 Å². The summed E-state index contributed by atoms with van der Waals surface area (Å²) in [5.74, 6) is 1.34. The lowest BCUT2D eigenvalue weighted by Gasteiger charge is -2.33. The molecule has 1 atom stereocenters. The lowest BCUT2D eigenvalue weighted by molar-refractivity contribution is 0.0498. The summed E-state index contributed by atoms with van der Waals surface area (Å²) in [7, 11) is 3.76. The maximum absolute atomic E-state index is 10.4. The largest absolute Gasteiger partial charge is 0.493 e. The number of aliphatic hydroxyl groups excluding tert-OH is 1. The molecule has 1 aliphatic rings. The third kappa shape index (κ3) is 7.21. The number of rotatable bonds is 11. The molecule has 1 aromatic heterocycles. The Morgan fingerprint density at radius 3 is 2.58 bits per heavy atom. The van der Waals surface area contributed by atoms with Gasteiger partial charge in [-0.05, 0) is 44.7 Å². The van der Waals surface area contributed by atoms with E-state index in [2.05, 4.69) is 40.3 Å². The van der Waals surface area contributed by atoms with Crippen LogP contribution in [-0.2, 0) is 13.1 Å². The number of hydrogen-bond acceptors (Lipinski definition) is 7. The second kappa shape index (κ2) is 11.5. The van der Waals surface area contributed by atoms with Gasteiger partial charge >= 0.3 is 0 Å². The van der Waals surface area contributed by atoms with Crippen molar-refractivity contribution < 1.29 is 14.6 Å². The van der Waals surface area contributed by atoms with Gasteiger partial charge in [0.15, 0.2) is 11.5 Å². The molecule has 8 nitrogen and oxygen atoms in total. The molecule has 1 saturated heterocycles. The van der Waals surface area contributed by atoms with Gasteiger partial charge in [0.1, 0.15) is 12.7 Å². The second-order valence-electron chi connectivity index (χ2n) is 8.38. The molecule has 2 aromatic rings. The Hall–Kier alpha value is -2.13. The van der Waals surface area contributed by atoms with Crippen LogP contribution in [0, 0.1) is 13.8 Å². The van der Waals surface area contributed by atoms with Gasteiger partial charge in [0.2, 0.25) is 0 Å². The lowest BCUT2D eigenvalue weighted by Crippen LogP contribution is -2.47. The standard InChI is InChI=1S/C23H37N5O3/c1-18-13-19(2)28(25-18)8-7-24-15-20-5-6-22(30-4)23(14-20)31-17-21(29)16-27-11-9-26(3)10-12-27/h5-6,13-14,21,24,29H,7-12,15-17H2,1-4H3/t21-/m1/s1. The topological polar surface area (TPSA) is 75.0 Å². The molecule has 31 heavy (non-hydrogen) atoms. The van der Waals surface area contributed by atoms with Crippen LogP contribution in [0.5, 0.6) is 11.5 Å². The fourth-order valence-electron chi connectivity index (χ4n) is 3.83. The molecular formula is C23H37N5O3. The van der Waals surface area contributed by atoms with Gasteiger partial charge < -0.3 is 24.8 Å². The minimum Gasteiger partial charge on any atom is -0.493 e. The van der Waals surface area contributed by atoms with E-state index in [1.54, 1.807) is 7.11 Å². The Balaban J connectivity index is 1.46. The van der Waals surface area contributed by atoms with Crippen molar-refractivity contribution in [2.75, 3.05) is 60.0 Å². The number of aromatic nitrogens is 2. The number of benzene rings is 1. The van der Waals surface area contributed by atoms with Crippen molar-refractivity contribution in [3.63, 3.8) is 0 Å². The van der Waals surface area contributed by atoms with E-state index in [1.165, 1.54) is 5.69 Å². The van der Waals surface area contributed by atoms with Gasteiger partial charge in [-0.25, -0.2) is 0 Å². The molecule has 0 saturated carbocycles. The number of hydrogen-bond donors (Lipinski definition) is 2. The fourth-order valence-corrected chi connectivity index (χ4v) is 3.83. The van der Waals surface area contributed by atoms with E-state index in [4.69, 9.17) is 9.47 Å². The van der Waals surface area contributed by atoms with Gasteiger partial charge in [0.25, 0.3) is 0 Å². The molecule has 0 unspecified atom stereocenters. The molecule has 0 bridgehead atoms. The average molecular weight is 432 g/mol. The summed E-state index contributed by atoms with van der Waals surface area (Å²) in [4.78, 5) is 4.59. The first-order chi connectivity index (χ1) is 14.9. The van der Waals surface area contributed by atoms with Crippen LogP contribution in [0.25, 0.3) is 0 Å². The first kappa shape index (κ1) is 23.5. The summed E-state index contributed by atoms with van der Waals surface area (Å²) in [6, 6.07) is 8.02. The molecule has 3 rings (SSSR count). The molecule has 2 heterocycles. The molecule has 172 valence electrons. The van der Waals surface area contributed by atoms with Crippen molar-refractivity contribution in [1.82, 2.24) is 24.9 Å².